The maximum Gasteiger partial charge on any atom is 0.0547 e. The average molecular weight is 577 g/mol. The molecule has 0 spiro atoms. The zero-order valence-electron chi connectivity index (χ0n) is 25.1. The van der Waals surface area contributed by atoms with Crippen LogP contribution in [0.5, 0.6) is 0 Å². The Morgan fingerprint density at radius 2 is 1.11 bits per heavy atom. The maximum absolute atomic E-state index is 2.38. The van der Waals surface area contributed by atoms with Gasteiger partial charge in [-0.05, 0) is 77.7 Å². The third-order valence-electron chi connectivity index (χ3n) is 8.70. The average Bonchev–Trinajstić information content (AvgIpc) is 3.60. The first-order valence-corrected chi connectivity index (χ1v) is 15.5. The van der Waals surface area contributed by atoms with Gasteiger partial charge >= 0.3 is 0 Å². The summed E-state index contributed by atoms with van der Waals surface area (Å²) < 4.78 is 4.69. The Kier molecular flexibility index (Phi) is 6.73. The molecule has 0 unspecified atom stereocenters. The second-order valence-electron chi connectivity index (χ2n) is 11.4. The molecule has 0 amide bonds. The van der Waals surface area contributed by atoms with Gasteiger partial charge in [0.1, 0.15) is 0 Å². The fourth-order valence-corrected chi connectivity index (χ4v) is 6.64. The van der Waals surface area contributed by atoms with E-state index in [9.17, 15) is 0 Å². The lowest BCUT2D eigenvalue weighted by Crippen LogP contribution is -1.93. The fourth-order valence-electron chi connectivity index (χ4n) is 6.64. The molecule has 2 nitrogen and oxygen atoms in total. The third kappa shape index (κ3) is 4.68. The van der Waals surface area contributed by atoms with Crippen LogP contribution in [-0.2, 0) is 0 Å². The zero-order valence-corrected chi connectivity index (χ0v) is 25.1. The van der Waals surface area contributed by atoms with Gasteiger partial charge in [0.05, 0.1) is 22.1 Å². The van der Waals surface area contributed by atoms with Crippen molar-refractivity contribution < 1.29 is 0 Å². The van der Waals surface area contributed by atoms with Crippen molar-refractivity contribution in [2.75, 3.05) is 0 Å². The zero-order chi connectivity index (χ0) is 30.2. The highest BCUT2D eigenvalue weighted by atomic mass is 15.0. The van der Waals surface area contributed by atoms with E-state index in [0.29, 0.717) is 0 Å². The summed E-state index contributed by atoms with van der Waals surface area (Å²) in [7, 11) is 0. The summed E-state index contributed by atoms with van der Waals surface area (Å²) in [6.45, 7) is 2.06. The number of para-hydroxylation sites is 3. The number of hydrogen-bond acceptors (Lipinski definition) is 0. The highest BCUT2D eigenvalue weighted by Gasteiger charge is 2.14. The van der Waals surface area contributed by atoms with Crippen molar-refractivity contribution in [3.63, 3.8) is 0 Å². The van der Waals surface area contributed by atoms with E-state index < -0.39 is 0 Å². The van der Waals surface area contributed by atoms with E-state index in [0.717, 1.165) is 0 Å². The van der Waals surface area contributed by atoms with E-state index in [-0.39, 0.29) is 0 Å². The van der Waals surface area contributed by atoms with E-state index in [4.69, 9.17) is 0 Å². The van der Waals surface area contributed by atoms with Crippen molar-refractivity contribution in [1.29, 1.82) is 0 Å². The summed E-state index contributed by atoms with van der Waals surface area (Å²) in [5.74, 6) is 0. The molecule has 0 aliphatic carbocycles. The van der Waals surface area contributed by atoms with E-state index >= 15 is 0 Å². The second kappa shape index (κ2) is 11.3. The van der Waals surface area contributed by atoms with Crippen LogP contribution in [0.3, 0.4) is 0 Å². The lowest BCUT2D eigenvalue weighted by molar-refractivity contribution is 1.18. The number of fused-ring (bicyclic) bond motifs is 6. The van der Waals surface area contributed by atoms with E-state index in [1.165, 1.54) is 71.6 Å². The Hall–Kier alpha value is -5.86. The van der Waals surface area contributed by atoms with Gasteiger partial charge in [0.15, 0.2) is 0 Å². The normalized spacial score (nSPS) is 12.5. The summed E-state index contributed by atoms with van der Waals surface area (Å²) in [5.41, 5.74) is 10.8. The molecule has 0 fully saturated rings. The van der Waals surface area contributed by atoms with Crippen molar-refractivity contribution in [3.05, 3.63) is 175 Å². The van der Waals surface area contributed by atoms with Crippen LogP contribution in [0.2, 0.25) is 0 Å². The molecule has 0 atom stereocenters. The van der Waals surface area contributed by atoms with Crippen LogP contribution in [0.4, 0.5) is 0 Å². The van der Waals surface area contributed by atoms with Crippen LogP contribution in [0.1, 0.15) is 12.5 Å². The molecule has 0 saturated heterocycles. The molecule has 0 bridgehead atoms. The van der Waals surface area contributed by atoms with E-state index in [2.05, 4.69) is 192 Å². The Morgan fingerprint density at radius 3 is 1.89 bits per heavy atom. The topological polar surface area (TPSA) is 9.86 Å². The van der Waals surface area contributed by atoms with Crippen molar-refractivity contribution >= 4 is 55.4 Å². The third-order valence-corrected chi connectivity index (χ3v) is 8.70. The standard InChI is InChI=1S/C43H32N2/c1-2-14-31(32-15-5-3-6-16-32)17-13-28-44-40-22-11-9-21-37(40)39-29-33(25-27-41(39)44)34-24-26-38-36-20-10-12-23-42(36)45(43(38)30-34)35-18-7-4-8-19-35/h2-30H,1H3/b14-2-,28-13+,31-17+. The van der Waals surface area contributed by atoms with E-state index in [1.54, 1.807) is 0 Å². The molecule has 2 heterocycles. The van der Waals surface area contributed by atoms with Gasteiger partial charge in [-0.25, -0.2) is 0 Å². The number of benzene rings is 6. The number of nitrogens with zero attached hydrogens (tertiary/aromatic N) is 2. The Labute approximate surface area is 263 Å². The lowest BCUT2D eigenvalue weighted by atomic mass is 10.0. The Balaban J connectivity index is 1.26. The molecule has 8 aromatic rings. The van der Waals surface area contributed by atoms with Gasteiger partial charge < -0.3 is 9.13 Å². The first-order chi connectivity index (χ1) is 22.3. The van der Waals surface area contributed by atoms with Gasteiger partial charge in [0.25, 0.3) is 0 Å². The van der Waals surface area contributed by atoms with Gasteiger partial charge in [-0.15, -0.1) is 0 Å². The summed E-state index contributed by atoms with van der Waals surface area (Å²) in [4.78, 5) is 0. The van der Waals surface area contributed by atoms with Gasteiger partial charge in [0, 0.05) is 33.4 Å². The number of allylic oxidation sites excluding steroid dienone is 5. The molecule has 2 heteroatoms. The van der Waals surface area contributed by atoms with Gasteiger partial charge in [0.2, 0.25) is 0 Å². The van der Waals surface area contributed by atoms with Gasteiger partial charge in [-0.3, -0.25) is 0 Å². The minimum Gasteiger partial charge on any atom is -0.316 e. The molecular weight excluding hydrogens is 544 g/mol. The number of rotatable bonds is 6. The SMILES string of the molecule is C\C=C/C(=C\C=C\n1c2ccccc2c2cc(-c3ccc4c5ccccc5n(-c5ccccc5)c4c3)ccc21)c1ccccc1. The fraction of sp³-hybridized carbons (Fsp3) is 0.0233. The molecule has 0 saturated carbocycles. The summed E-state index contributed by atoms with van der Waals surface area (Å²) >= 11 is 0. The Morgan fingerprint density at radius 1 is 0.511 bits per heavy atom. The van der Waals surface area contributed by atoms with E-state index in [1.807, 2.05) is 0 Å². The summed E-state index contributed by atoms with van der Waals surface area (Å²) in [6.07, 6.45) is 10.8. The van der Waals surface area contributed by atoms with Crippen molar-refractivity contribution in [2.45, 2.75) is 6.92 Å². The van der Waals surface area contributed by atoms with Crippen LogP contribution in [0.15, 0.2) is 170 Å². The first kappa shape index (κ1) is 26.7. The monoisotopic (exact) mass is 576 g/mol. The molecule has 0 aliphatic heterocycles. The lowest BCUT2D eigenvalue weighted by Gasteiger charge is -2.09. The summed E-state index contributed by atoms with van der Waals surface area (Å²) in [6, 6.07) is 52.3. The molecule has 6 aromatic carbocycles. The highest BCUT2D eigenvalue weighted by molar-refractivity contribution is 6.12. The summed E-state index contributed by atoms with van der Waals surface area (Å²) in [5, 5.41) is 5.03. The molecule has 0 aliphatic rings. The predicted octanol–water partition coefficient (Wildman–Crippen LogP) is 11.7. The molecule has 0 radical (unpaired) electrons. The van der Waals surface area contributed by atoms with Crippen LogP contribution in [0.25, 0.3) is 72.2 Å². The molecular formula is C43H32N2. The van der Waals surface area contributed by atoms with Crippen molar-refractivity contribution in [1.82, 2.24) is 9.13 Å². The molecule has 0 N–H and O–H groups in total. The quantitative estimate of drug-likeness (QED) is 0.174. The highest BCUT2D eigenvalue weighted by Crippen LogP contribution is 2.37. The first-order valence-electron chi connectivity index (χ1n) is 15.5. The number of aromatic nitrogens is 2. The smallest absolute Gasteiger partial charge is 0.0547 e. The Bertz CT molecular complexity index is 2420. The van der Waals surface area contributed by atoms with Crippen LogP contribution in [0, 0.1) is 0 Å². The minimum atomic E-state index is 1.17. The maximum atomic E-state index is 2.38. The molecule has 2 aromatic heterocycles. The van der Waals surface area contributed by atoms with Gasteiger partial charge in [-0.2, -0.15) is 0 Å². The second-order valence-corrected chi connectivity index (χ2v) is 11.4. The van der Waals surface area contributed by atoms with Crippen LogP contribution in [-0.4, -0.2) is 9.13 Å². The molecule has 45 heavy (non-hydrogen) atoms. The van der Waals surface area contributed by atoms with Crippen molar-refractivity contribution in [2.24, 2.45) is 0 Å². The van der Waals surface area contributed by atoms with Crippen LogP contribution >= 0.6 is 0 Å². The van der Waals surface area contributed by atoms with Gasteiger partial charge in [-0.1, -0.05) is 121 Å². The number of hydrogen-bond donors (Lipinski definition) is 0. The molecule has 8 rings (SSSR count). The predicted molar refractivity (Wildman–Crippen MR) is 194 cm³/mol. The van der Waals surface area contributed by atoms with Crippen molar-refractivity contribution in [3.8, 4) is 16.8 Å². The van der Waals surface area contributed by atoms with Crippen LogP contribution < -0.4 is 0 Å². The largest absolute Gasteiger partial charge is 0.316 e. The minimum absolute atomic E-state index is 1.17. The molecule has 214 valence electrons.